The summed E-state index contributed by atoms with van der Waals surface area (Å²) in [5, 5.41) is 5.53. The molecule has 0 amide bonds. The fourth-order valence-electron chi connectivity index (χ4n) is 3.28. The molecule has 0 unspecified atom stereocenters. The molecule has 0 atom stereocenters. The van der Waals surface area contributed by atoms with Gasteiger partial charge in [0.15, 0.2) is 0 Å². The van der Waals surface area contributed by atoms with Crippen LogP contribution in [0.25, 0.3) is 22.0 Å². The molecule has 1 N–H and O–H groups in total. The molecule has 158 valence electrons. The Labute approximate surface area is 177 Å². The Bertz CT molecular complexity index is 1100. The van der Waals surface area contributed by atoms with Crippen molar-refractivity contribution >= 4 is 14.7 Å². The molecule has 1 aromatic heterocycles. The second-order valence-electron chi connectivity index (χ2n) is 7.49. The molecule has 0 spiro atoms. The minimum absolute atomic E-state index is 0.151. The molecule has 1 aliphatic rings. The average molecular weight is 577 g/mol. The molecule has 0 saturated heterocycles. The molecule has 1 aliphatic heterocycles. The van der Waals surface area contributed by atoms with Gasteiger partial charge in [0.25, 0.3) is 0 Å². The summed E-state index contributed by atoms with van der Waals surface area (Å²) in [5.41, 5.74) is 2.35. The molecule has 0 aliphatic carbocycles. The van der Waals surface area contributed by atoms with E-state index in [2.05, 4.69) is 47.3 Å². The molecule has 3 aromatic rings. The van der Waals surface area contributed by atoms with Crippen LogP contribution in [0.5, 0.6) is 17.2 Å². The van der Waals surface area contributed by atoms with E-state index in [0.29, 0.717) is 37.2 Å². The summed E-state index contributed by atoms with van der Waals surface area (Å²) in [6.45, 7) is 5.93. The zero-order valence-electron chi connectivity index (χ0n) is 17.1. The second-order valence-corrected chi connectivity index (χ2v) is 13.1. The van der Waals surface area contributed by atoms with E-state index >= 15 is 0 Å². The quantitative estimate of drug-likeness (QED) is 0.459. The van der Waals surface area contributed by atoms with Gasteiger partial charge in [0.05, 0.1) is 0 Å². The number of hydrogen-bond acceptors (Lipinski definition) is 4. The maximum atomic E-state index is 12.4. The molecule has 0 fully saturated rings. The predicted octanol–water partition coefficient (Wildman–Crippen LogP) is 4.34. The molecule has 0 saturated carbocycles. The van der Waals surface area contributed by atoms with Gasteiger partial charge in [0, 0.05) is 0 Å². The molecule has 2 heterocycles. The standard InChI is InChI=1S/C21H20NO4.2CH3.Au/c1-13(2)12-26-18-6-4-3-5-14(18)15-10-21(23)22-17-11-20-19(9-16(15)17)24-7-8-25-20;;;/h3,5-6,9-11,13H,7-8,12H2,1-2H3,(H,22,23);2*1H3;. The van der Waals surface area contributed by atoms with Crippen LogP contribution in [0.1, 0.15) is 13.8 Å². The molecule has 5 nitrogen and oxygen atoms in total. The Morgan fingerprint density at radius 3 is 2.45 bits per heavy atom. The van der Waals surface area contributed by atoms with Crippen molar-refractivity contribution < 1.29 is 32.7 Å². The number of fused-ring (bicyclic) bond motifs is 2. The molecule has 2 aromatic carbocycles. The molecular weight excluding hydrogens is 551 g/mol. The maximum absolute atomic E-state index is 12.4. The number of pyridine rings is 1. The van der Waals surface area contributed by atoms with Gasteiger partial charge in [-0.05, 0) is 0 Å². The number of benzene rings is 2. The molecule has 0 bridgehead atoms. The summed E-state index contributed by atoms with van der Waals surface area (Å²) in [7, 11) is 0. The first-order chi connectivity index (χ1) is 13.9. The molecule has 0 radical (unpaired) electrons. The fraction of sp³-hybridized carbons (Fsp3) is 0.348. The summed E-state index contributed by atoms with van der Waals surface area (Å²) in [4.78, 5) is 15.4. The third kappa shape index (κ3) is 4.22. The van der Waals surface area contributed by atoms with E-state index < -0.39 is 18.4 Å². The van der Waals surface area contributed by atoms with Crippen LogP contribution in [0.2, 0.25) is 10.3 Å². The summed E-state index contributed by atoms with van der Waals surface area (Å²) in [6.07, 6.45) is 0. The van der Waals surface area contributed by atoms with E-state index in [-0.39, 0.29) is 5.56 Å². The van der Waals surface area contributed by atoms with Gasteiger partial charge in [-0.1, -0.05) is 0 Å². The van der Waals surface area contributed by atoms with E-state index in [1.165, 1.54) is 3.78 Å². The molecule has 4 rings (SSSR count). The Balaban J connectivity index is 1.92. The van der Waals surface area contributed by atoms with Gasteiger partial charge < -0.3 is 0 Å². The van der Waals surface area contributed by atoms with Gasteiger partial charge in [-0.25, -0.2) is 0 Å². The van der Waals surface area contributed by atoms with E-state index in [0.717, 1.165) is 27.8 Å². The number of aromatic nitrogens is 1. The Morgan fingerprint density at radius 1 is 1.03 bits per heavy atom. The van der Waals surface area contributed by atoms with Crippen molar-refractivity contribution in [2.24, 2.45) is 5.92 Å². The van der Waals surface area contributed by atoms with Gasteiger partial charge in [0.1, 0.15) is 0 Å². The zero-order valence-corrected chi connectivity index (χ0v) is 19.3. The van der Waals surface area contributed by atoms with Crippen molar-refractivity contribution in [2.75, 3.05) is 19.8 Å². The SMILES string of the molecule is CC(C)COc1c[c]([Au]([CH3])[CH3])ccc1-c1cc(=O)[nH]c2cc3c(cc12)OCCO3. The summed E-state index contributed by atoms with van der Waals surface area (Å²) >= 11 is -1.07. The van der Waals surface area contributed by atoms with Crippen molar-refractivity contribution in [1.29, 1.82) is 0 Å². The summed E-state index contributed by atoms with van der Waals surface area (Å²) < 4.78 is 19.0. The van der Waals surface area contributed by atoms with Crippen LogP contribution in [0, 0.1) is 5.92 Å². The van der Waals surface area contributed by atoms with Crippen LogP contribution in [0.15, 0.2) is 41.2 Å². The number of hydrogen-bond donors (Lipinski definition) is 1. The molecule has 29 heavy (non-hydrogen) atoms. The molecular formula is C23H26AuNO4. The number of nitrogens with one attached hydrogen (secondary N) is 1. The van der Waals surface area contributed by atoms with Crippen molar-refractivity contribution in [3.63, 3.8) is 0 Å². The fourth-order valence-corrected chi connectivity index (χ4v) is 5.09. The normalized spacial score (nSPS) is 13.6. The van der Waals surface area contributed by atoms with Gasteiger partial charge in [-0.3, -0.25) is 0 Å². The zero-order chi connectivity index (χ0) is 20.5. The Kier molecular flexibility index (Phi) is 5.72. The van der Waals surface area contributed by atoms with Gasteiger partial charge in [-0.2, -0.15) is 0 Å². The first-order valence-electron chi connectivity index (χ1n) is 9.47. The van der Waals surface area contributed by atoms with Crippen LogP contribution in [-0.2, 0) is 18.4 Å². The van der Waals surface area contributed by atoms with Crippen molar-refractivity contribution in [1.82, 2.24) is 4.98 Å². The average Bonchev–Trinajstić information content (AvgIpc) is 2.70. The van der Waals surface area contributed by atoms with Crippen LogP contribution < -0.4 is 23.6 Å². The van der Waals surface area contributed by atoms with Crippen LogP contribution >= 0.6 is 0 Å². The van der Waals surface area contributed by atoms with E-state index in [1.807, 2.05) is 12.1 Å². The van der Waals surface area contributed by atoms with Crippen molar-refractivity contribution in [3.8, 4) is 28.4 Å². The third-order valence-electron chi connectivity index (χ3n) is 4.64. The second kappa shape index (κ2) is 8.27. The number of aromatic amines is 1. The minimum atomic E-state index is -1.07. The predicted molar refractivity (Wildman–Crippen MR) is 113 cm³/mol. The van der Waals surface area contributed by atoms with Crippen LogP contribution in [0.3, 0.4) is 0 Å². The first-order valence-corrected chi connectivity index (χ1v) is 14.9. The number of rotatable bonds is 5. The summed E-state index contributed by atoms with van der Waals surface area (Å²) in [5.74, 6) is 2.61. The van der Waals surface area contributed by atoms with Crippen LogP contribution in [0.4, 0.5) is 0 Å². The van der Waals surface area contributed by atoms with Gasteiger partial charge in [0.2, 0.25) is 0 Å². The Hall–Kier alpha value is -2.21. The topological polar surface area (TPSA) is 60.6 Å². The van der Waals surface area contributed by atoms with Crippen molar-refractivity contribution in [2.45, 2.75) is 24.1 Å². The van der Waals surface area contributed by atoms with Crippen LogP contribution in [-0.4, -0.2) is 24.8 Å². The van der Waals surface area contributed by atoms with Gasteiger partial charge >= 0.3 is 177 Å². The number of ether oxygens (including phenoxy) is 3. The van der Waals surface area contributed by atoms with Gasteiger partial charge in [-0.15, -0.1) is 0 Å². The first kappa shape index (κ1) is 20.1. The van der Waals surface area contributed by atoms with E-state index in [4.69, 9.17) is 14.2 Å². The van der Waals surface area contributed by atoms with Crippen molar-refractivity contribution in [3.05, 3.63) is 46.8 Å². The van der Waals surface area contributed by atoms with E-state index in [1.54, 1.807) is 6.07 Å². The summed E-state index contributed by atoms with van der Waals surface area (Å²) in [6, 6.07) is 11.9. The third-order valence-corrected chi connectivity index (χ3v) is 7.81. The Morgan fingerprint density at radius 2 is 1.76 bits per heavy atom. The monoisotopic (exact) mass is 577 g/mol. The van der Waals surface area contributed by atoms with E-state index in [9.17, 15) is 4.79 Å². The number of H-pyrrole nitrogens is 1. The molecule has 6 heteroatoms.